The van der Waals surface area contributed by atoms with Crippen LogP contribution in [0.25, 0.3) is 11.5 Å². The lowest BCUT2D eigenvalue weighted by Crippen LogP contribution is -2.18. The minimum absolute atomic E-state index is 0.0531. The van der Waals surface area contributed by atoms with Gasteiger partial charge in [0, 0.05) is 24.8 Å². The van der Waals surface area contributed by atoms with Gasteiger partial charge in [0.15, 0.2) is 11.5 Å². The Morgan fingerprint density at radius 3 is 2.53 bits per heavy atom. The number of furan rings is 1. The van der Waals surface area contributed by atoms with Crippen LogP contribution in [-0.4, -0.2) is 20.8 Å². The molecule has 7 nitrogen and oxygen atoms in total. The Bertz CT molecular complexity index is 1300. The minimum atomic E-state index is -4.85. The van der Waals surface area contributed by atoms with Crippen molar-refractivity contribution >= 4 is 11.6 Å². The third-order valence-corrected chi connectivity index (χ3v) is 5.08. The zero-order valence-corrected chi connectivity index (χ0v) is 17.7. The highest BCUT2D eigenvalue weighted by Crippen LogP contribution is 2.39. The van der Waals surface area contributed by atoms with Crippen molar-refractivity contribution in [2.45, 2.75) is 32.0 Å². The van der Waals surface area contributed by atoms with E-state index in [1.54, 1.807) is 12.1 Å². The van der Waals surface area contributed by atoms with Gasteiger partial charge in [-0.3, -0.25) is 9.48 Å². The zero-order valence-electron chi connectivity index (χ0n) is 17.7. The highest BCUT2D eigenvalue weighted by molar-refractivity contribution is 6.03. The second-order valence-corrected chi connectivity index (χ2v) is 7.58. The van der Waals surface area contributed by atoms with Gasteiger partial charge in [-0.05, 0) is 30.7 Å². The molecule has 0 spiro atoms. The largest absolute Gasteiger partial charge is 0.461 e. The van der Waals surface area contributed by atoms with Gasteiger partial charge in [0.2, 0.25) is 5.76 Å². The second-order valence-electron chi connectivity index (χ2n) is 7.58. The number of benzene rings is 1. The molecule has 0 aliphatic heterocycles. The van der Waals surface area contributed by atoms with Gasteiger partial charge < -0.3 is 14.3 Å². The normalized spacial score (nSPS) is 13.1. The summed E-state index contributed by atoms with van der Waals surface area (Å²) in [5, 5.41) is 10.2. The number of amides is 1. The Balaban J connectivity index is 1.55. The van der Waals surface area contributed by atoms with Crippen LogP contribution in [0.3, 0.4) is 0 Å². The summed E-state index contributed by atoms with van der Waals surface area (Å²) in [6, 6.07) is 6.05. The standard InChI is InChI=1S/C22H17F5N4O3/c1-12(15-6-5-13(21(2,23)24)8-16(15)22(25,26)27)31-11-14(10-28-31)29-20(32)17-9-19(34-30-17)18-4-3-7-33-18/h3-12H,1-2H3,(H,29,32). The van der Waals surface area contributed by atoms with E-state index in [0.29, 0.717) is 18.8 Å². The van der Waals surface area contributed by atoms with Crippen LogP contribution in [0.1, 0.15) is 47.1 Å². The van der Waals surface area contributed by atoms with Crippen LogP contribution < -0.4 is 5.32 Å². The molecule has 178 valence electrons. The number of anilines is 1. The maximum atomic E-state index is 13.6. The summed E-state index contributed by atoms with van der Waals surface area (Å²) in [7, 11) is 0. The van der Waals surface area contributed by atoms with Crippen LogP contribution >= 0.6 is 0 Å². The van der Waals surface area contributed by atoms with E-state index in [4.69, 9.17) is 8.94 Å². The first-order chi connectivity index (χ1) is 15.9. The number of hydrogen-bond donors (Lipinski definition) is 1. The van der Waals surface area contributed by atoms with E-state index in [1.807, 2.05) is 0 Å². The lowest BCUT2D eigenvalue weighted by atomic mass is 9.96. The van der Waals surface area contributed by atoms with Crippen LogP contribution in [-0.2, 0) is 12.1 Å². The van der Waals surface area contributed by atoms with E-state index in [0.717, 1.165) is 12.1 Å². The highest BCUT2D eigenvalue weighted by atomic mass is 19.4. The number of halogens is 5. The first-order valence-electron chi connectivity index (χ1n) is 9.89. The molecule has 34 heavy (non-hydrogen) atoms. The third-order valence-electron chi connectivity index (χ3n) is 5.08. The predicted molar refractivity (Wildman–Crippen MR) is 109 cm³/mol. The fourth-order valence-corrected chi connectivity index (χ4v) is 3.31. The molecule has 0 aliphatic rings. The lowest BCUT2D eigenvalue weighted by Gasteiger charge is -2.21. The molecule has 0 fully saturated rings. The van der Waals surface area contributed by atoms with E-state index in [1.165, 1.54) is 36.3 Å². The average molecular weight is 480 g/mol. The van der Waals surface area contributed by atoms with E-state index in [9.17, 15) is 26.7 Å². The van der Waals surface area contributed by atoms with Crippen molar-refractivity contribution in [3.63, 3.8) is 0 Å². The van der Waals surface area contributed by atoms with Crippen LogP contribution in [0.5, 0.6) is 0 Å². The zero-order chi connectivity index (χ0) is 24.7. The van der Waals surface area contributed by atoms with E-state index in [2.05, 4.69) is 15.6 Å². The SMILES string of the molecule is CC(c1ccc(C(C)(F)F)cc1C(F)(F)F)n1cc(NC(=O)c2cc(-c3ccco3)on2)cn1. The topological polar surface area (TPSA) is 86.1 Å². The molecule has 0 radical (unpaired) electrons. The summed E-state index contributed by atoms with van der Waals surface area (Å²) in [6.07, 6.45) is -0.866. The van der Waals surface area contributed by atoms with Crippen LogP contribution in [0.2, 0.25) is 0 Å². The number of nitrogens with zero attached hydrogens (tertiary/aromatic N) is 3. The first kappa shape index (κ1) is 23.2. The van der Waals surface area contributed by atoms with Gasteiger partial charge >= 0.3 is 6.18 Å². The lowest BCUT2D eigenvalue weighted by molar-refractivity contribution is -0.138. The molecule has 0 aliphatic carbocycles. The summed E-state index contributed by atoms with van der Waals surface area (Å²) in [5.74, 6) is -3.46. The van der Waals surface area contributed by atoms with Crippen LogP contribution in [0.4, 0.5) is 27.6 Å². The van der Waals surface area contributed by atoms with Crippen LogP contribution in [0, 0.1) is 0 Å². The number of nitrogens with one attached hydrogen (secondary N) is 1. The molecule has 1 unspecified atom stereocenters. The first-order valence-corrected chi connectivity index (χ1v) is 9.89. The van der Waals surface area contributed by atoms with E-state index < -0.39 is 35.2 Å². The molecule has 3 aromatic heterocycles. The van der Waals surface area contributed by atoms with Gasteiger partial charge in [-0.15, -0.1) is 0 Å². The van der Waals surface area contributed by atoms with Gasteiger partial charge in [-0.2, -0.15) is 18.3 Å². The Morgan fingerprint density at radius 2 is 1.88 bits per heavy atom. The van der Waals surface area contributed by atoms with Gasteiger partial charge in [-0.1, -0.05) is 17.3 Å². The summed E-state index contributed by atoms with van der Waals surface area (Å²) in [6.45, 7) is 1.96. The average Bonchev–Trinajstić information content (AvgIpc) is 3.52. The number of carbonyl (C=O) groups is 1. The number of rotatable bonds is 6. The Kier molecular flexibility index (Phi) is 5.75. The quantitative estimate of drug-likeness (QED) is 0.336. The number of aromatic nitrogens is 3. The fraction of sp³-hybridized carbons (Fsp3) is 0.227. The van der Waals surface area contributed by atoms with Crippen molar-refractivity contribution in [3.8, 4) is 11.5 Å². The summed E-state index contributed by atoms with van der Waals surface area (Å²) in [4.78, 5) is 12.4. The molecule has 0 saturated heterocycles. The van der Waals surface area contributed by atoms with Gasteiger partial charge in [0.25, 0.3) is 11.8 Å². The second kappa shape index (κ2) is 8.43. The highest BCUT2D eigenvalue weighted by Gasteiger charge is 2.37. The van der Waals surface area contributed by atoms with Crippen molar-refractivity contribution in [1.29, 1.82) is 0 Å². The van der Waals surface area contributed by atoms with Crippen LogP contribution in [0.15, 0.2) is 64.0 Å². The molecule has 3 heterocycles. The van der Waals surface area contributed by atoms with Crippen molar-refractivity contribution in [2.24, 2.45) is 0 Å². The minimum Gasteiger partial charge on any atom is -0.461 e. The van der Waals surface area contributed by atoms with Crippen molar-refractivity contribution < 1.29 is 35.7 Å². The molecule has 1 aromatic carbocycles. The van der Waals surface area contributed by atoms with E-state index >= 15 is 0 Å². The molecule has 1 atom stereocenters. The molecular formula is C22H17F5N4O3. The number of carbonyl (C=O) groups excluding carboxylic acids is 1. The Labute approximate surface area is 189 Å². The Hall–Kier alpha value is -3.96. The summed E-state index contributed by atoms with van der Waals surface area (Å²) in [5.41, 5.74) is -2.05. The van der Waals surface area contributed by atoms with E-state index in [-0.39, 0.29) is 22.7 Å². The molecule has 4 aromatic rings. The molecular weight excluding hydrogens is 463 g/mol. The maximum Gasteiger partial charge on any atom is 0.416 e. The molecule has 1 amide bonds. The number of alkyl halides is 5. The monoisotopic (exact) mass is 480 g/mol. The molecule has 1 N–H and O–H groups in total. The van der Waals surface area contributed by atoms with Crippen molar-refractivity contribution in [3.05, 3.63) is 77.4 Å². The summed E-state index contributed by atoms with van der Waals surface area (Å²) < 4.78 is 79.4. The fourth-order valence-electron chi connectivity index (χ4n) is 3.31. The third kappa shape index (κ3) is 4.70. The molecule has 4 rings (SSSR count). The van der Waals surface area contributed by atoms with Crippen molar-refractivity contribution in [2.75, 3.05) is 5.32 Å². The molecule has 0 bridgehead atoms. The Morgan fingerprint density at radius 1 is 1.12 bits per heavy atom. The molecule has 12 heteroatoms. The smallest absolute Gasteiger partial charge is 0.416 e. The van der Waals surface area contributed by atoms with Gasteiger partial charge in [-0.25, -0.2) is 8.78 Å². The molecule has 0 saturated carbocycles. The number of hydrogen-bond acceptors (Lipinski definition) is 5. The van der Waals surface area contributed by atoms with Gasteiger partial charge in [0.1, 0.15) is 0 Å². The maximum absolute atomic E-state index is 13.6. The summed E-state index contributed by atoms with van der Waals surface area (Å²) >= 11 is 0. The van der Waals surface area contributed by atoms with Gasteiger partial charge in [0.05, 0.1) is 29.8 Å². The van der Waals surface area contributed by atoms with Crippen molar-refractivity contribution in [1.82, 2.24) is 14.9 Å². The predicted octanol–water partition coefficient (Wildman–Crippen LogP) is 6.12.